The van der Waals surface area contributed by atoms with Crippen LogP contribution in [0.2, 0.25) is 0 Å². The summed E-state index contributed by atoms with van der Waals surface area (Å²) in [6.07, 6.45) is 0. The first-order valence-electron chi connectivity index (χ1n) is 7.23. The van der Waals surface area contributed by atoms with Gasteiger partial charge in [0.05, 0.1) is 13.2 Å². The zero-order chi connectivity index (χ0) is 16.6. The van der Waals surface area contributed by atoms with E-state index >= 15 is 0 Å². The minimum atomic E-state index is -0.349. The van der Waals surface area contributed by atoms with Crippen molar-refractivity contribution < 1.29 is 19.1 Å². The third kappa shape index (κ3) is 7.52. The molecule has 0 aliphatic carbocycles. The highest BCUT2D eigenvalue weighted by Crippen LogP contribution is 2.17. The van der Waals surface area contributed by atoms with Gasteiger partial charge in [-0.3, -0.25) is 9.59 Å². The summed E-state index contributed by atoms with van der Waals surface area (Å²) in [5, 5.41) is 5.26. The molecule has 1 rings (SSSR count). The highest BCUT2D eigenvalue weighted by molar-refractivity contribution is 5.85. The molecule has 0 spiro atoms. The lowest BCUT2D eigenvalue weighted by Crippen LogP contribution is -2.46. The number of hydrogen-bond donors (Lipinski definition) is 2. The van der Waals surface area contributed by atoms with Gasteiger partial charge >= 0.3 is 0 Å². The van der Waals surface area contributed by atoms with Crippen LogP contribution >= 0.6 is 0 Å². The number of rotatable bonds is 7. The molecular formula is C16H24N2O4. The summed E-state index contributed by atoms with van der Waals surface area (Å²) in [5.74, 6) is 0.732. The zero-order valence-corrected chi connectivity index (χ0v) is 13.6. The van der Waals surface area contributed by atoms with Gasteiger partial charge in [0.2, 0.25) is 5.91 Å². The molecule has 2 amide bonds. The number of amides is 2. The second-order valence-corrected chi connectivity index (χ2v) is 5.77. The van der Waals surface area contributed by atoms with Crippen molar-refractivity contribution in [3.05, 3.63) is 24.3 Å². The number of benzene rings is 1. The molecular weight excluding hydrogens is 284 g/mol. The number of nitrogens with one attached hydrogen (secondary N) is 2. The maximum Gasteiger partial charge on any atom is 0.258 e. The molecule has 6 heteroatoms. The number of ether oxygens (including phenoxy) is 2. The lowest BCUT2D eigenvalue weighted by atomic mass is 10.1. The number of carbonyl (C=O) groups is 2. The van der Waals surface area contributed by atoms with Gasteiger partial charge in [-0.05, 0) is 52.0 Å². The van der Waals surface area contributed by atoms with E-state index in [1.807, 2.05) is 27.7 Å². The Morgan fingerprint density at radius 1 is 1.00 bits per heavy atom. The normalized spacial score (nSPS) is 10.7. The van der Waals surface area contributed by atoms with Crippen molar-refractivity contribution in [2.75, 3.05) is 19.8 Å². The summed E-state index contributed by atoms with van der Waals surface area (Å²) in [7, 11) is 0. The Kier molecular flexibility index (Phi) is 6.69. The molecule has 22 heavy (non-hydrogen) atoms. The lowest BCUT2D eigenvalue weighted by molar-refractivity contribution is -0.127. The molecule has 0 aromatic heterocycles. The van der Waals surface area contributed by atoms with Gasteiger partial charge in [-0.25, -0.2) is 0 Å². The maximum absolute atomic E-state index is 11.6. The Hall–Kier alpha value is -2.24. The van der Waals surface area contributed by atoms with Gasteiger partial charge in [0.1, 0.15) is 11.5 Å². The van der Waals surface area contributed by atoms with Crippen LogP contribution in [-0.2, 0) is 9.59 Å². The number of carbonyl (C=O) groups excluding carboxylic acids is 2. The van der Waals surface area contributed by atoms with Gasteiger partial charge in [-0.1, -0.05) is 0 Å². The molecule has 0 atom stereocenters. The van der Waals surface area contributed by atoms with E-state index < -0.39 is 0 Å². The Bertz CT molecular complexity index is 492. The van der Waals surface area contributed by atoms with Crippen LogP contribution in [-0.4, -0.2) is 37.1 Å². The van der Waals surface area contributed by atoms with Gasteiger partial charge in [-0.15, -0.1) is 0 Å². The van der Waals surface area contributed by atoms with Crippen molar-refractivity contribution in [2.45, 2.75) is 33.2 Å². The molecule has 122 valence electrons. The second-order valence-electron chi connectivity index (χ2n) is 5.77. The summed E-state index contributed by atoms with van der Waals surface area (Å²) in [6.45, 7) is 7.93. The number of hydrogen-bond acceptors (Lipinski definition) is 4. The van der Waals surface area contributed by atoms with E-state index in [1.54, 1.807) is 24.3 Å². The summed E-state index contributed by atoms with van der Waals surface area (Å²) in [6, 6.07) is 7.00. The third-order valence-corrected chi connectivity index (χ3v) is 2.47. The largest absolute Gasteiger partial charge is 0.494 e. The molecule has 0 bridgehead atoms. The van der Waals surface area contributed by atoms with E-state index in [-0.39, 0.29) is 30.5 Å². The van der Waals surface area contributed by atoms with E-state index in [1.165, 1.54) is 0 Å². The van der Waals surface area contributed by atoms with Crippen molar-refractivity contribution in [2.24, 2.45) is 0 Å². The van der Waals surface area contributed by atoms with Crippen LogP contribution < -0.4 is 20.1 Å². The van der Waals surface area contributed by atoms with Crippen LogP contribution in [0.15, 0.2) is 24.3 Å². The van der Waals surface area contributed by atoms with Gasteiger partial charge in [0.15, 0.2) is 6.61 Å². The van der Waals surface area contributed by atoms with Gasteiger partial charge in [0, 0.05) is 5.54 Å². The lowest BCUT2D eigenvalue weighted by Gasteiger charge is -2.20. The van der Waals surface area contributed by atoms with Gasteiger partial charge in [-0.2, -0.15) is 0 Å². The Labute approximate surface area is 131 Å². The summed E-state index contributed by atoms with van der Waals surface area (Å²) < 4.78 is 10.6. The van der Waals surface area contributed by atoms with E-state index in [2.05, 4.69) is 10.6 Å². The molecule has 0 unspecified atom stereocenters. The second kappa shape index (κ2) is 8.26. The summed E-state index contributed by atoms with van der Waals surface area (Å²) in [5.41, 5.74) is -0.319. The van der Waals surface area contributed by atoms with E-state index in [4.69, 9.17) is 9.47 Å². The van der Waals surface area contributed by atoms with Crippen LogP contribution in [0.3, 0.4) is 0 Å². The standard InChI is InChI=1S/C16H24N2O4/c1-5-21-12-6-8-13(9-7-12)22-11-15(20)17-10-14(19)18-16(2,3)4/h6-9H,5,10-11H2,1-4H3,(H,17,20)(H,18,19). The molecule has 0 aliphatic heterocycles. The fraction of sp³-hybridized carbons (Fsp3) is 0.500. The highest BCUT2D eigenvalue weighted by Gasteiger charge is 2.14. The third-order valence-electron chi connectivity index (χ3n) is 2.47. The topological polar surface area (TPSA) is 76.7 Å². The molecule has 1 aromatic rings. The molecule has 6 nitrogen and oxygen atoms in total. The van der Waals surface area contributed by atoms with Crippen molar-refractivity contribution in [3.8, 4) is 11.5 Å². The Morgan fingerprint density at radius 3 is 2.05 bits per heavy atom. The molecule has 0 radical (unpaired) electrons. The molecule has 0 heterocycles. The monoisotopic (exact) mass is 308 g/mol. The van der Waals surface area contributed by atoms with Crippen molar-refractivity contribution in [3.63, 3.8) is 0 Å². The fourth-order valence-electron chi connectivity index (χ4n) is 1.64. The van der Waals surface area contributed by atoms with Crippen LogP contribution in [0.25, 0.3) is 0 Å². The highest BCUT2D eigenvalue weighted by atomic mass is 16.5. The van der Waals surface area contributed by atoms with E-state index in [0.717, 1.165) is 5.75 Å². The van der Waals surface area contributed by atoms with Crippen LogP contribution in [0, 0.1) is 0 Å². The molecule has 1 aromatic carbocycles. The zero-order valence-electron chi connectivity index (χ0n) is 13.6. The minimum absolute atomic E-state index is 0.0667. The predicted octanol–water partition coefficient (Wildman–Crippen LogP) is 1.49. The average Bonchev–Trinajstić information content (AvgIpc) is 2.43. The maximum atomic E-state index is 11.6. The molecule has 0 saturated heterocycles. The first-order valence-corrected chi connectivity index (χ1v) is 7.23. The Morgan fingerprint density at radius 2 is 1.55 bits per heavy atom. The first kappa shape index (κ1) is 17.8. The fourth-order valence-corrected chi connectivity index (χ4v) is 1.64. The summed E-state index contributed by atoms with van der Waals surface area (Å²) >= 11 is 0. The minimum Gasteiger partial charge on any atom is -0.494 e. The smallest absolute Gasteiger partial charge is 0.258 e. The summed E-state index contributed by atoms with van der Waals surface area (Å²) in [4.78, 5) is 23.2. The quantitative estimate of drug-likeness (QED) is 0.800. The van der Waals surface area contributed by atoms with Crippen molar-refractivity contribution >= 4 is 11.8 Å². The van der Waals surface area contributed by atoms with Gasteiger partial charge < -0.3 is 20.1 Å². The average molecular weight is 308 g/mol. The van der Waals surface area contributed by atoms with Crippen molar-refractivity contribution in [1.82, 2.24) is 10.6 Å². The van der Waals surface area contributed by atoms with Crippen LogP contribution in [0.1, 0.15) is 27.7 Å². The van der Waals surface area contributed by atoms with Crippen LogP contribution in [0.5, 0.6) is 11.5 Å². The molecule has 0 fully saturated rings. The first-order chi connectivity index (χ1) is 10.3. The predicted molar refractivity (Wildman–Crippen MR) is 84.0 cm³/mol. The van der Waals surface area contributed by atoms with E-state index in [9.17, 15) is 9.59 Å². The SMILES string of the molecule is CCOc1ccc(OCC(=O)NCC(=O)NC(C)(C)C)cc1. The molecule has 2 N–H and O–H groups in total. The van der Waals surface area contributed by atoms with Crippen molar-refractivity contribution in [1.29, 1.82) is 0 Å². The van der Waals surface area contributed by atoms with E-state index in [0.29, 0.717) is 12.4 Å². The van der Waals surface area contributed by atoms with Crippen LogP contribution in [0.4, 0.5) is 0 Å². The molecule has 0 saturated carbocycles. The molecule has 0 aliphatic rings. The Balaban J connectivity index is 2.29. The van der Waals surface area contributed by atoms with Gasteiger partial charge in [0.25, 0.3) is 5.91 Å².